The molecule has 1 fully saturated rings. The van der Waals surface area contributed by atoms with Crippen molar-refractivity contribution in [2.75, 3.05) is 19.4 Å². The monoisotopic (exact) mass is 328 g/mol. The molecule has 1 saturated carbocycles. The van der Waals surface area contributed by atoms with Crippen molar-refractivity contribution in [1.82, 2.24) is 4.90 Å². The number of nitrogens with zero attached hydrogens (tertiary/aromatic N) is 1. The van der Waals surface area contributed by atoms with E-state index in [9.17, 15) is 4.79 Å². The summed E-state index contributed by atoms with van der Waals surface area (Å²) < 4.78 is 0. The molecular weight excluding hydrogens is 308 g/mol. The molecule has 4 heteroatoms. The van der Waals surface area contributed by atoms with Crippen LogP contribution in [0.1, 0.15) is 24.0 Å². The zero-order valence-corrected chi connectivity index (χ0v) is 14.2. The third-order valence-corrected chi connectivity index (χ3v) is 4.52. The van der Waals surface area contributed by atoms with E-state index in [-0.39, 0.29) is 11.3 Å². The highest BCUT2D eigenvalue weighted by molar-refractivity contribution is 6.30. The average Bonchev–Trinajstić information content (AvgIpc) is 3.29. The van der Waals surface area contributed by atoms with Crippen molar-refractivity contribution in [3.05, 3.63) is 64.7 Å². The summed E-state index contributed by atoms with van der Waals surface area (Å²) in [6, 6.07) is 15.6. The lowest BCUT2D eigenvalue weighted by Crippen LogP contribution is -2.27. The molecule has 0 radical (unpaired) electrons. The molecule has 0 aromatic heterocycles. The minimum atomic E-state index is -0.387. The Bertz CT molecular complexity index is 706. The SMILES string of the molecule is CN(C)Cc1cccc(NC(=O)C2(c3ccc(Cl)cc3)CC2)c1. The normalized spacial score (nSPS) is 15.5. The van der Waals surface area contributed by atoms with Gasteiger partial charge in [-0.25, -0.2) is 0 Å². The molecule has 1 N–H and O–H groups in total. The fourth-order valence-corrected chi connectivity index (χ4v) is 3.03. The lowest BCUT2D eigenvalue weighted by Gasteiger charge is -2.17. The average molecular weight is 329 g/mol. The van der Waals surface area contributed by atoms with Crippen LogP contribution in [-0.2, 0) is 16.8 Å². The fraction of sp³-hybridized carbons (Fsp3) is 0.316. The van der Waals surface area contributed by atoms with Gasteiger partial charge in [0.25, 0.3) is 0 Å². The van der Waals surface area contributed by atoms with Gasteiger partial charge in [0.1, 0.15) is 0 Å². The molecule has 2 aromatic carbocycles. The van der Waals surface area contributed by atoms with Gasteiger partial charge in [-0.1, -0.05) is 35.9 Å². The highest BCUT2D eigenvalue weighted by atomic mass is 35.5. The van der Waals surface area contributed by atoms with E-state index in [1.165, 1.54) is 5.56 Å². The Morgan fingerprint density at radius 1 is 1.17 bits per heavy atom. The quantitative estimate of drug-likeness (QED) is 0.897. The van der Waals surface area contributed by atoms with Gasteiger partial charge in [0.2, 0.25) is 5.91 Å². The maximum Gasteiger partial charge on any atom is 0.235 e. The second-order valence-corrected chi connectivity index (χ2v) is 6.92. The zero-order valence-electron chi connectivity index (χ0n) is 13.5. The van der Waals surface area contributed by atoms with Crippen molar-refractivity contribution in [3.8, 4) is 0 Å². The van der Waals surface area contributed by atoms with Gasteiger partial charge in [-0.2, -0.15) is 0 Å². The molecule has 0 heterocycles. The number of rotatable bonds is 5. The number of amides is 1. The van der Waals surface area contributed by atoms with E-state index in [2.05, 4.69) is 16.3 Å². The van der Waals surface area contributed by atoms with Crippen molar-refractivity contribution in [2.24, 2.45) is 0 Å². The Labute approximate surface area is 142 Å². The molecule has 3 nitrogen and oxygen atoms in total. The summed E-state index contributed by atoms with van der Waals surface area (Å²) in [6.07, 6.45) is 1.77. The van der Waals surface area contributed by atoms with Gasteiger partial charge in [0.05, 0.1) is 5.41 Å². The van der Waals surface area contributed by atoms with Crippen LogP contribution >= 0.6 is 11.6 Å². The Morgan fingerprint density at radius 2 is 1.87 bits per heavy atom. The van der Waals surface area contributed by atoms with E-state index in [4.69, 9.17) is 11.6 Å². The summed E-state index contributed by atoms with van der Waals surface area (Å²) in [5.74, 6) is 0.0711. The first-order valence-electron chi connectivity index (χ1n) is 7.81. The van der Waals surface area contributed by atoms with E-state index in [0.717, 1.165) is 30.6 Å². The molecule has 0 atom stereocenters. The zero-order chi connectivity index (χ0) is 16.4. The first-order valence-corrected chi connectivity index (χ1v) is 8.19. The summed E-state index contributed by atoms with van der Waals surface area (Å²) in [7, 11) is 4.07. The molecule has 0 bridgehead atoms. The molecular formula is C19H21ClN2O. The Balaban J connectivity index is 1.75. The van der Waals surface area contributed by atoms with Crippen molar-refractivity contribution in [1.29, 1.82) is 0 Å². The van der Waals surface area contributed by atoms with E-state index in [1.54, 1.807) is 0 Å². The molecule has 1 aliphatic carbocycles. The van der Waals surface area contributed by atoms with Crippen LogP contribution in [0.25, 0.3) is 0 Å². The van der Waals surface area contributed by atoms with Gasteiger partial charge in [-0.3, -0.25) is 4.79 Å². The second-order valence-electron chi connectivity index (χ2n) is 6.48. The van der Waals surface area contributed by atoms with E-state index in [1.807, 2.05) is 56.6 Å². The molecule has 1 amide bonds. The lowest BCUT2D eigenvalue weighted by molar-refractivity contribution is -0.118. The summed E-state index contributed by atoms with van der Waals surface area (Å²) in [6.45, 7) is 0.853. The number of benzene rings is 2. The lowest BCUT2D eigenvalue weighted by atomic mass is 9.95. The van der Waals surface area contributed by atoms with Crippen LogP contribution in [0, 0.1) is 0 Å². The molecule has 0 aliphatic heterocycles. The molecule has 3 rings (SSSR count). The number of nitrogens with one attached hydrogen (secondary N) is 1. The predicted octanol–water partition coefficient (Wildman–Crippen LogP) is 4.07. The van der Waals surface area contributed by atoms with E-state index in [0.29, 0.717) is 5.02 Å². The Hall–Kier alpha value is -1.84. The van der Waals surface area contributed by atoms with E-state index < -0.39 is 0 Å². The Morgan fingerprint density at radius 3 is 2.48 bits per heavy atom. The van der Waals surface area contributed by atoms with Gasteiger partial charge in [-0.15, -0.1) is 0 Å². The second kappa shape index (κ2) is 6.34. The third-order valence-electron chi connectivity index (χ3n) is 4.27. The molecule has 2 aromatic rings. The van der Waals surface area contributed by atoms with Crippen molar-refractivity contribution >= 4 is 23.2 Å². The standard InChI is InChI=1S/C19H21ClN2O/c1-22(2)13-14-4-3-5-17(12-14)21-18(23)19(10-11-19)15-6-8-16(20)9-7-15/h3-9,12H,10-11,13H2,1-2H3,(H,21,23). The van der Waals surface area contributed by atoms with Gasteiger partial charge < -0.3 is 10.2 Å². The van der Waals surface area contributed by atoms with Crippen molar-refractivity contribution in [2.45, 2.75) is 24.8 Å². The summed E-state index contributed by atoms with van der Waals surface area (Å²) in [5, 5.41) is 3.78. The summed E-state index contributed by atoms with van der Waals surface area (Å²) in [5.41, 5.74) is 2.70. The third kappa shape index (κ3) is 3.57. The van der Waals surface area contributed by atoms with Crippen molar-refractivity contribution < 1.29 is 4.79 Å². The maximum atomic E-state index is 12.8. The molecule has 0 spiro atoms. The van der Waals surface area contributed by atoms with Gasteiger partial charge in [-0.05, 0) is 62.3 Å². The first-order chi connectivity index (χ1) is 11.0. The first kappa shape index (κ1) is 16.0. The number of halogens is 1. The summed E-state index contributed by atoms with van der Waals surface area (Å²) >= 11 is 5.95. The van der Waals surface area contributed by atoms with Crippen LogP contribution in [0.3, 0.4) is 0 Å². The van der Waals surface area contributed by atoms with Gasteiger partial charge in [0.15, 0.2) is 0 Å². The number of hydrogen-bond acceptors (Lipinski definition) is 2. The predicted molar refractivity (Wildman–Crippen MR) is 94.8 cm³/mol. The van der Waals surface area contributed by atoms with Crippen LogP contribution < -0.4 is 5.32 Å². The molecule has 1 aliphatic rings. The highest BCUT2D eigenvalue weighted by Crippen LogP contribution is 2.49. The molecule has 120 valence electrons. The van der Waals surface area contributed by atoms with Crippen molar-refractivity contribution in [3.63, 3.8) is 0 Å². The highest BCUT2D eigenvalue weighted by Gasteiger charge is 2.51. The maximum absolute atomic E-state index is 12.8. The van der Waals surface area contributed by atoms with Crippen LogP contribution in [0.15, 0.2) is 48.5 Å². The fourth-order valence-electron chi connectivity index (χ4n) is 2.90. The molecule has 0 saturated heterocycles. The number of carbonyl (C=O) groups excluding carboxylic acids is 1. The number of hydrogen-bond donors (Lipinski definition) is 1. The summed E-state index contributed by atoms with van der Waals surface area (Å²) in [4.78, 5) is 14.9. The van der Waals surface area contributed by atoms with Crippen LogP contribution in [0.2, 0.25) is 5.02 Å². The smallest absolute Gasteiger partial charge is 0.235 e. The minimum absolute atomic E-state index is 0.0711. The molecule has 0 unspecified atom stereocenters. The van der Waals surface area contributed by atoms with Gasteiger partial charge >= 0.3 is 0 Å². The molecule has 23 heavy (non-hydrogen) atoms. The minimum Gasteiger partial charge on any atom is -0.325 e. The number of anilines is 1. The topological polar surface area (TPSA) is 32.3 Å². The van der Waals surface area contributed by atoms with Crippen LogP contribution in [0.5, 0.6) is 0 Å². The largest absolute Gasteiger partial charge is 0.325 e. The Kier molecular flexibility index (Phi) is 4.42. The number of carbonyl (C=O) groups is 1. The van der Waals surface area contributed by atoms with Crippen LogP contribution in [0.4, 0.5) is 5.69 Å². The van der Waals surface area contributed by atoms with E-state index >= 15 is 0 Å². The van der Waals surface area contributed by atoms with Crippen LogP contribution in [-0.4, -0.2) is 24.9 Å². The van der Waals surface area contributed by atoms with Gasteiger partial charge in [0, 0.05) is 17.3 Å².